The lowest BCUT2D eigenvalue weighted by atomic mass is 10.1. The zero-order chi connectivity index (χ0) is 20.4. The van der Waals surface area contributed by atoms with Gasteiger partial charge in [-0.1, -0.05) is 55.5 Å². The van der Waals surface area contributed by atoms with E-state index < -0.39 is 12.1 Å². The second-order valence-corrected chi connectivity index (χ2v) is 6.15. The van der Waals surface area contributed by atoms with Crippen molar-refractivity contribution in [2.45, 2.75) is 19.4 Å². The Morgan fingerprint density at radius 3 is 2.18 bits per heavy atom. The third kappa shape index (κ3) is 6.12. The molecule has 28 heavy (non-hydrogen) atoms. The van der Waals surface area contributed by atoms with Crippen LogP contribution < -0.4 is 10.6 Å². The van der Waals surface area contributed by atoms with Gasteiger partial charge in [0, 0.05) is 12.2 Å². The molecule has 2 rings (SSSR count). The first kappa shape index (κ1) is 21.0. The van der Waals surface area contributed by atoms with Crippen molar-refractivity contribution in [3.05, 3.63) is 66.2 Å². The van der Waals surface area contributed by atoms with E-state index >= 15 is 0 Å². The number of para-hydroxylation sites is 1. The molecule has 1 atom stereocenters. The van der Waals surface area contributed by atoms with Gasteiger partial charge in [-0.25, -0.2) is 4.79 Å². The van der Waals surface area contributed by atoms with Gasteiger partial charge >= 0.3 is 6.09 Å². The van der Waals surface area contributed by atoms with Crippen LogP contribution in [0.25, 0.3) is 0 Å². The smallest absolute Gasteiger partial charge is 0.407 e. The third-order valence-corrected chi connectivity index (χ3v) is 4.02. The Morgan fingerprint density at radius 2 is 1.61 bits per heavy atom. The summed E-state index contributed by atoms with van der Waals surface area (Å²) >= 11 is 0. The molecule has 0 spiro atoms. The Hall–Kier alpha value is -3.35. The van der Waals surface area contributed by atoms with Crippen LogP contribution in [0.4, 0.5) is 10.5 Å². The summed E-state index contributed by atoms with van der Waals surface area (Å²) in [4.78, 5) is 38.8. The van der Waals surface area contributed by atoms with Crippen molar-refractivity contribution in [3.63, 3.8) is 0 Å². The number of amides is 3. The van der Waals surface area contributed by atoms with Gasteiger partial charge in [-0.2, -0.15) is 0 Å². The van der Waals surface area contributed by atoms with Crippen molar-refractivity contribution in [2.75, 3.05) is 25.5 Å². The summed E-state index contributed by atoms with van der Waals surface area (Å²) in [6.45, 7) is 2.18. The molecule has 148 valence electrons. The summed E-state index contributed by atoms with van der Waals surface area (Å²) in [7, 11) is 1.24. The molecule has 0 heterocycles. The SMILES string of the molecule is CCCN(CC(=O)Nc1ccccc1)C(=O)[C@H](NC(=O)OC)c1ccccc1. The molecule has 0 aliphatic heterocycles. The Balaban J connectivity index is 2.16. The Morgan fingerprint density at radius 1 is 1.00 bits per heavy atom. The molecule has 0 aliphatic rings. The van der Waals surface area contributed by atoms with Crippen LogP contribution in [0.1, 0.15) is 24.9 Å². The van der Waals surface area contributed by atoms with Crippen LogP contribution in [0.3, 0.4) is 0 Å². The van der Waals surface area contributed by atoms with E-state index in [9.17, 15) is 14.4 Å². The molecule has 2 aromatic rings. The van der Waals surface area contributed by atoms with Crippen molar-refractivity contribution < 1.29 is 19.1 Å². The van der Waals surface area contributed by atoms with Crippen LogP contribution in [-0.2, 0) is 14.3 Å². The van der Waals surface area contributed by atoms with Crippen molar-refractivity contribution in [1.29, 1.82) is 0 Å². The number of alkyl carbamates (subject to hydrolysis) is 1. The number of nitrogens with one attached hydrogen (secondary N) is 2. The molecular weight excluding hydrogens is 358 g/mol. The number of rotatable bonds is 8. The van der Waals surface area contributed by atoms with Gasteiger partial charge in [0.15, 0.2) is 0 Å². The van der Waals surface area contributed by atoms with Crippen molar-refractivity contribution in [1.82, 2.24) is 10.2 Å². The highest BCUT2D eigenvalue weighted by Gasteiger charge is 2.28. The van der Waals surface area contributed by atoms with Crippen LogP contribution in [0.5, 0.6) is 0 Å². The number of benzene rings is 2. The van der Waals surface area contributed by atoms with E-state index in [-0.39, 0.29) is 18.4 Å². The van der Waals surface area contributed by atoms with Gasteiger partial charge < -0.3 is 20.3 Å². The maximum absolute atomic E-state index is 13.1. The van der Waals surface area contributed by atoms with E-state index in [4.69, 9.17) is 0 Å². The standard InChI is InChI=1S/C21H25N3O4/c1-3-14-24(15-18(25)22-17-12-8-5-9-13-17)20(26)19(23-21(27)28-2)16-10-6-4-7-11-16/h4-13,19H,3,14-15H2,1-2H3,(H,22,25)(H,23,27)/t19-/m1/s1. The number of carbonyl (C=O) groups excluding carboxylic acids is 3. The fourth-order valence-corrected chi connectivity index (χ4v) is 2.72. The zero-order valence-electron chi connectivity index (χ0n) is 16.1. The fourth-order valence-electron chi connectivity index (χ4n) is 2.72. The first-order valence-electron chi connectivity index (χ1n) is 9.08. The molecular formula is C21H25N3O4. The fraction of sp³-hybridized carbons (Fsp3) is 0.286. The van der Waals surface area contributed by atoms with Crippen LogP contribution in [0.15, 0.2) is 60.7 Å². The average Bonchev–Trinajstić information content (AvgIpc) is 2.72. The van der Waals surface area contributed by atoms with E-state index in [1.165, 1.54) is 12.0 Å². The summed E-state index contributed by atoms with van der Waals surface area (Å²) in [5, 5.41) is 5.33. The highest BCUT2D eigenvalue weighted by Crippen LogP contribution is 2.17. The second kappa shape index (κ2) is 10.7. The molecule has 7 nitrogen and oxygen atoms in total. The van der Waals surface area contributed by atoms with E-state index in [0.29, 0.717) is 24.2 Å². The number of ether oxygens (including phenoxy) is 1. The minimum Gasteiger partial charge on any atom is -0.453 e. The Kier molecular flexibility index (Phi) is 8.02. The lowest BCUT2D eigenvalue weighted by molar-refractivity contribution is -0.136. The van der Waals surface area contributed by atoms with E-state index in [0.717, 1.165) is 0 Å². The minimum atomic E-state index is -0.940. The molecule has 0 aliphatic carbocycles. The second-order valence-electron chi connectivity index (χ2n) is 6.15. The van der Waals surface area contributed by atoms with E-state index in [2.05, 4.69) is 15.4 Å². The third-order valence-electron chi connectivity index (χ3n) is 4.02. The van der Waals surface area contributed by atoms with E-state index in [1.54, 1.807) is 36.4 Å². The predicted molar refractivity (Wildman–Crippen MR) is 107 cm³/mol. The lowest BCUT2D eigenvalue weighted by Gasteiger charge is -2.27. The van der Waals surface area contributed by atoms with Crippen molar-refractivity contribution in [2.24, 2.45) is 0 Å². The average molecular weight is 383 g/mol. The molecule has 0 aromatic heterocycles. The summed E-state index contributed by atoms with van der Waals surface area (Å²) in [5.74, 6) is -0.681. The van der Waals surface area contributed by atoms with Gasteiger partial charge in [0.25, 0.3) is 0 Å². The van der Waals surface area contributed by atoms with Crippen LogP contribution in [0.2, 0.25) is 0 Å². The highest BCUT2D eigenvalue weighted by molar-refractivity contribution is 5.96. The van der Waals surface area contributed by atoms with Gasteiger partial charge in [-0.15, -0.1) is 0 Å². The molecule has 0 bridgehead atoms. The summed E-state index contributed by atoms with van der Waals surface area (Å²) in [6, 6.07) is 17.0. The van der Waals surface area contributed by atoms with Crippen molar-refractivity contribution in [3.8, 4) is 0 Å². The number of anilines is 1. The summed E-state index contributed by atoms with van der Waals surface area (Å²) < 4.78 is 4.65. The van der Waals surface area contributed by atoms with Gasteiger partial charge in [0.2, 0.25) is 11.8 Å². The normalized spacial score (nSPS) is 11.2. The molecule has 0 saturated carbocycles. The number of methoxy groups -OCH3 is 1. The topological polar surface area (TPSA) is 87.7 Å². The van der Waals surface area contributed by atoms with Crippen LogP contribution in [0, 0.1) is 0 Å². The van der Waals surface area contributed by atoms with Gasteiger partial charge in [0.1, 0.15) is 6.04 Å². The Bertz CT molecular complexity index is 781. The minimum absolute atomic E-state index is 0.117. The monoisotopic (exact) mass is 383 g/mol. The molecule has 3 amide bonds. The summed E-state index contributed by atoms with van der Waals surface area (Å²) in [6.07, 6.45) is -0.0447. The molecule has 0 unspecified atom stereocenters. The summed E-state index contributed by atoms with van der Waals surface area (Å²) in [5.41, 5.74) is 1.27. The number of carbonyl (C=O) groups is 3. The molecule has 2 N–H and O–H groups in total. The van der Waals surface area contributed by atoms with Crippen LogP contribution >= 0.6 is 0 Å². The molecule has 0 saturated heterocycles. The molecule has 2 aromatic carbocycles. The van der Waals surface area contributed by atoms with Gasteiger partial charge in [-0.3, -0.25) is 9.59 Å². The Labute approximate surface area is 164 Å². The highest BCUT2D eigenvalue weighted by atomic mass is 16.5. The van der Waals surface area contributed by atoms with Gasteiger partial charge in [-0.05, 0) is 24.1 Å². The van der Waals surface area contributed by atoms with Gasteiger partial charge in [0.05, 0.1) is 13.7 Å². The lowest BCUT2D eigenvalue weighted by Crippen LogP contribution is -2.46. The number of hydrogen-bond acceptors (Lipinski definition) is 4. The van der Waals surface area contributed by atoms with Crippen molar-refractivity contribution >= 4 is 23.6 Å². The van der Waals surface area contributed by atoms with E-state index in [1.807, 2.05) is 31.2 Å². The van der Waals surface area contributed by atoms with Crippen LogP contribution in [-0.4, -0.2) is 43.0 Å². The molecule has 0 radical (unpaired) electrons. The first-order valence-corrected chi connectivity index (χ1v) is 9.08. The quantitative estimate of drug-likeness (QED) is 0.734. The number of hydrogen-bond donors (Lipinski definition) is 2. The molecule has 7 heteroatoms. The maximum Gasteiger partial charge on any atom is 0.407 e. The maximum atomic E-state index is 13.1. The predicted octanol–water partition coefficient (Wildman–Crippen LogP) is 2.96. The number of nitrogens with zero attached hydrogens (tertiary/aromatic N) is 1. The first-order chi connectivity index (χ1) is 13.5. The molecule has 0 fully saturated rings. The zero-order valence-corrected chi connectivity index (χ0v) is 16.1. The largest absolute Gasteiger partial charge is 0.453 e.